The Morgan fingerprint density at radius 3 is 2.58 bits per heavy atom. The molecule has 2 fully saturated rings. The largest absolute Gasteiger partial charge is 0.491 e. The van der Waals surface area contributed by atoms with Gasteiger partial charge in [0.2, 0.25) is 5.91 Å². The zero-order valence-corrected chi connectivity index (χ0v) is 25.4. The van der Waals surface area contributed by atoms with Crippen molar-refractivity contribution in [2.45, 2.75) is 76.3 Å². The van der Waals surface area contributed by atoms with Crippen molar-refractivity contribution in [2.75, 3.05) is 26.4 Å². The number of alkyl carbamates (subject to hydrolysis) is 1. The van der Waals surface area contributed by atoms with Gasteiger partial charge < -0.3 is 40.0 Å². The molecule has 4 rings (SSSR count). The van der Waals surface area contributed by atoms with E-state index >= 15 is 0 Å². The Morgan fingerprint density at radius 2 is 1.80 bits per heavy atom. The number of aliphatic carboxylic acids is 1. The SMILES string of the molecule is O=C(NCCC[C@H](NC(=O)c1cccc(OCCOC2CCCCO2)c1)C(=O)N[C@H]1CCC[C@H]1C(=O)O)OCc1ccccc1. The number of ether oxygens (including phenoxy) is 4. The predicted molar refractivity (Wildman–Crippen MR) is 164 cm³/mol. The molecule has 2 aliphatic rings. The van der Waals surface area contributed by atoms with Crippen LogP contribution in [-0.4, -0.2) is 73.7 Å². The van der Waals surface area contributed by atoms with E-state index in [1.165, 1.54) is 0 Å². The lowest BCUT2D eigenvalue weighted by Gasteiger charge is -2.23. The van der Waals surface area contributed by atoms with Crippen LogP contribution >= 0.6 is 0 Å². The molecule has 12 heteroatoms. The number of carbonyl (C=O) groups excluding carboxylic acids is 3. The first kappa shape index (κ1) is 33.7. The average molecular weight is 626 g/mol. The molecule has 244 valence electrons. The number of amides is 3. The molecule has 1 aliphatic carbocycles. The molecule has 2 aromatic carbocycles. The first-order valence-electron chi connectivity index (χ1n) is 15.6. The van der Waals surface area contributed by atoms with Crippen molar-refractivity contribution in [3.63, 3.8) is 0 Å². The van der Waals surface area contributed by atoms with Gasteiger partial charge in [-0.1, -0.05) is 42.8 Å². The Kier molecular flexibility index (Phi) is 13.5. The van der Waals surface area contributed by atoms with Crippen LogP contribution in [-0.2, 0) is 30.4 Å². The Balaban J connectivity index is 1.29. The molecule has 0 spiro atoms. The Bertz CT molecular complexity index is 1250. The second kappa shape index (κ2) is 18.0. The summed E-state index contributed by atoms with van der Waals surface area (Å²) in [6.07, 6.45) is 4.46. The van der Waals surface area contributed by atoms with Crippen LogP contribution in [0.4, 0.5) is 4.79 Å². The average Bonchev–Trinajstić information content (AvgIpc) is 3.53. The minimum atomic E-state index is -0.955. The quantitative estimate of drug-likeness (QED) is 0.204. The Labute approximate surface area is 263 Å². The van der Waals surface area contributed by atoms with Gasteiger partial charge >= 0.3 is 12.1 Å². The Morgan fingerprint density at radius 1 is 0.956 bits per heavy atom. The van der Waals surface area contributed by atoms with Gasteiger partial charge in [-0.05, 0) is 68.7 Å². The molecule has 4 N–H and O–H groups in total. The third-order valence-corrected chi connectivity index (χ3v) is 7.82. The molecule has 3 amide bonds. The summed E-state index contributed by atoms with van der Waals surface area (Å²) in [7, 11) is 0. The lowest BCUT2D eigenvalue weighted by atomic mass is 10.0. The van der Waals surface area contributed by atoms with E-state index < -0.39 is 41.9 Å². The molecule has 1 saturated carbocycles. The molecular formula is C33H43N3O9. The first-order valence-corrected chi connectivity index (χ1v) is 15.6. The minimum Gasteiger partial charge on any atom is -0.491 e. The zero-order chi connectivity index (χ0) is 31.9. The summed E-state index contributed by atoms with van der Waals surface area (Å²) in [5, 5.41) is 17.8. The van der Waals surface area contributed by atoms with Crippen molar-refractivity contribution in [3.05, 3.63) is 65.7 Å². The smallest absolute Gasteiger partial charge is 0.407 e. The normalized spacial score (nSPS) is 20.0. The van der Waals surface area contributed by atoms with E-state index in [0.29, 0.717) is 50.2 Å². The zero-order valence-electron chi connectivity index (χ0n) is 25.4. The van der Waals surface area contributed by atoms with Gasteiger partial charge in [0.25, 0.3) is 5.91 Å². The fourth-order valence-corrected chi connectivity index (χ4v) is 5.40. The molecule has 0 aromatic heterocycles. The molecule has 45 heavy (non-hydrogen) atoms. The van der Waals surface area contributed by atoms with Crippen molar-refractivity contribution in [2.24, 2.45) is 5.92 Å². The number of benzene rings is 2. The van der Waals surface area contributed by atoms with E-state index in [2.05, 4.69) is 16.0 Å². The number of hydrogen-bond acceptors (Lipinski definition) is 8. The van der Waals surface area contributed by atoms with Crippen molar-refractivity contribution in [1.29, 1.82) is 0 Å². The standard InChI is InChI=1S/C33H43N3O9/c37-30(24-11-6-12-25(21-24)42-19-20-44-29-16-4-5-18-43-29)36-28(31(38)35-27-14-7-13-26(27)32(39)40)15-8-17-34-33(41)45-22-23-9-2-1-3-10-23/h1-3,6,9-12,21,26-29H,4-5,7-8,13-20,22H2,(H,34,41)(H,35,38)(H,36,37)(H,39,40)/t26-,27+,28+,29?/m1/s1. The maximum atomic E-state index is 13.3. The molecule has 1 aliphatic heterocycles. The number of nitrogens with one attached hydrogen (secondary N) is 3. The third kappa shape index (κ3) is 11.4. The van der Waals surface area contributed by atoms with Gasteiger partial charge in [-0.25, -0.2) is 4.79 Å². The van der Waals surface area contributed by atoms with E-state index in [4.69, 9.17) is 18.9 Å². The van der Waals surface area contributed by atoms with Crippen LogP contribution in [0.15, 0.2) is 54.6 Å². The number of carboxylic acid groups (broad SMARTS) is 1. The number of rotatable bonds is 16. The van der Waals surface area contributed by atoms with Crippen molar-refractivity contribution >= 4 is 23.9 Å². The maximum Gasteiger partial charge on any atom is 0.407 e. The van der Waals surface area contributed by atoms with Crippen LogP contribution in [0.2, 0.25) is 0 Å². The van der Waals surface area contributed by atoms with Gasteiger partial charge in [0.15, 0.2) is 6.29 Å². The van der Waals surface area contributed by atoms with E-state index in [1.54, 1.807) is 24.3 Å². The summed E-state index contributed by atoms with van der Waals surface area (Å²) in [6, 6.07) is 14.4. The summed E-state index contributed by atoms with van der Waals surface area (Å²) in [5.41, 5.74) is 1.16. The van der Waals surface area contributed by atoms with E-state index in [0.717, 1.165) is 24.8 Å². The molecule has 12 nitrogen and oxygen atoms in total. The van der Waals surface area contributed by atoms with E-state index in [9.17, 15) is 24.3 Å². The molecule has 1 heterocycles. The van der Waals surface area contributed by atoms with E-state index in [1.807, 2.05) is 30.3 Å². The topological polar surface area (TPSA) is 162 Å². The summed E-state index contributed by atoms with van der Waals surface area (Å²) >= 11 is 0. The number of hydrogen-bond donors (Lipinski definition) is 4. The van der Waals surface area contributed by atoms with Crippen LogP contribution in [0.1, 0.15) is 67.3 Å². The highest BCUT2D eigenvalue weighted by Gasteiger charge is 2.35. The van der Waals surface area contributed by atoms with Gasteiger partial charge in [-0.2, -0.15) is 0 Å². The first-order chi connectivity index (χ1) is 21.9. The van der Waals surface area contributed by atoms with Crippen LogP contribution in [0.25, 0.3) is 0 Å². The fourth-order valence-electron chi connectivity index (χ4n) is 5.40. The molecule has 0 bridgehead atoms. The molecule has 0 radical (unpaired) electrons. The summed E-state index contributed by atoms with van der Waals surface area (Å²) in [6.45, 7) is 1.66. The van der Waals surface area contributed by atoms with Crippen LogP contribution in [0.5, 0.6) is 5.75 Å². The second-order valence-electron chi connectivity index (χ2n) is 11.2. The van der Waals surface area contributed by atoms with Gasteiger partial charge in [-0.15, -0.1) is 0 Å². The van der Waals surface area contributed by atoms with Crippen LogP contribution in [0, 0.1) is 5.92 Å². The number of carbonyl (C=O) groups is 4. The monoisotopic (exact) mass is 625 g/mol. The van der Waals surface area contributed by atoms with Gasteiger partial charge in [0.05, 0.1) is 12.5 Å². The summed E-state index contributed by atoms with van der Waals surface area (Å²) < 4.78 is 22.2. The highest BCUT2D eigenvalue weighted by atomic mass is 16.7. The van der Waals surface area contributed by atoms with Gasteiger partial charge in [0, 0.05) is 24.8 Å². The molecule has 1 unspecified atom stereocenters. The highest BCUT2D eigenvalue weighted by Crippen LogP contribution is 2.26. The molecule has 2 aromatic rings. The van der Waals surface area contributed by atoms with Crippen LogP contribution in [0.3, 0.4) is 0 Å². The third-order valence-electron chi connectivity index (χ3n) is 7.82. The fraction of sp³-hybridized carbons (Fsp3) is 0.515. The second-order valence-corrected chi connectivity index (χ2v) is 11.2. The summed E-state index contributed by atoms with van der Waals surface area (Å²) in [4.78, 5) is 50.3. The minimum absolute atomic E-state index is 0.130. The molecule has 1 saturated heterocycles. The van der Waals surface area contributed by atoms with E-state index in [-0.39, 0.29) is 32.5 Å². The highest BCUT2D eigenvalue weighted by molar-refractivity contribution is 5.98. The number of carboxylic acids is 1. The van der Waals surface area contributed by atoms with Crippen molar-refractivity contribution in [1.82, 2.24) is 16.0 Å². The van der Waals surface area contributed by atoms with Crippen molar-refractivity contribution in [3.8, 4) is 5.75 Å². The van der Waals surface area contributed by atoms with Gasteiger partial charge in [0.1, 0.15) is 25.0 Å². The molecule has 4 atom stereocenters. The summed E-state index contributed by atoms with van der Waals surface area (Å²) in [5.74, 6) is -2.10. The lowest BCUT2D eigenvalue weighted by molar-refractivity contribution is -0.165. The van der Waals surface area contributed by atoms with Crippen LogP contribution < -0.4 is 20.7 Å². The maximum absolute atomic E-state index is 13.3. The molecular weight excluding hydrogens is 582 g/mol. The predicted octanol–water partition coefficient (Wildman–Crippen LogP) is 3.78. The lowest BCUT2D eigenvalue weighted by Crippen LogP contribution is -2.51. The van der Waals surface area contributed by atoms with Crippen molar-refractivity contribution < 1.29 is 43.2 Å². The Hall–Kier alpha value is -4.16. The van der Waals surface area contributed by atoms with Gasteiger partial charge in [-0.3, -0.25) is 14.4 Å².